The molecule has 0 N–H and O–H groups in total. The number of hydrogen-bond donors (Lipinski definition) is 0. The summed E-state index contributed by atoms with van der Waals surface area (Å²) in [6.07, 6.45) is 18.3. The van der Waals surface area contributed by atoms with Crippen LogP contribution in [0.4, 0.5) is 0 Å². The molecule has 0 saturated carbocycles. The number of benzene rings is 1. The van der Waals surface area contributed by atoms with Crippen LogP contribution in [0.2, 0.25) is 5.02 Å². The zero-order valence-corrected chi connectivity index (χ0v) is 25.9. The lowest BCUT2D eigenvalue weighted by molar-refractivity contribution is 0.298. The first kappa shape index (κ1) is 32.5. The van der Waals surface area contributed by atoms with Crippen molar-refractivity contribution in [3.8, 4) is 5.75 Å². The molecular formula is C33H38Cl3NO2. The van der Waals surface area contributed by atoms with E-state index in [-0.39, 0.29) is 17.9 Å². The van der Waals surface area contributed by atoms with Gasteiger partial charge in [0.05, 0.1) is 16.0 Å². The first-order chi connectivity index (χ1) is 18.7. The number of halogens is 3. The van der Waals surface area contributed by atoms with Gasteiger partial charge in [-0.2, -0.15) is 0 Å². The maximum absolute atomic E-state index is 6.61. The molecule has 1 aliphatic rings. The third-order valence-corrected chi connectivity index (χ3v) is 6.61. The topological polar surface area (TPSA) is 35.3 Å². The second-order valence-corrected chi connectivity index (χ2v) is 10.4. The zero-order chi connectivity index (χ0) is 28.9. The van der Waals surface area contributed by atoms with Crippen LogP contribution in [0.3, 0.4) is 0 Å². The Balaban J connectivity index is 0.00000260. The first-order valence-electron chi connectivity index (χ1n) is 13.1. The van der Waals surface area contributed by atoms with E-state index in [1.165, 1.54) is 0 Å². The number of ether oxygens (including phenoxy) is 1. The van der Waals surface area contributed by atoms with E-state index >= 15 is 0 Å². The van der Waals surface area contributed by atoms with E-state index in [2.05, 4.69) is 17.8 Å². The average Bonchev–Trinajstić information content (AvgIpc) is 3.32. The second kappa shape index (κ2) is 16.4. The average molecular weight is 587 g/mol. The molecule has 1 heterocycles. The summed E-state index contributed by atoms with van der Waals surface area (Å²) in [5.41, 5.74) is 5.36. The van der Waals surface area contributed by atoms with Crippen LogP contribution in [-0.4, -0.2) is 10.5 Å². The van der Waals surface area contributed by atoms with Crippen LogP contribution in [0.5, 0.6) is 5.75 Å². The molecule has 2 aromatic rings. The minimum absolute atomic E-state index is 0.112. The van der Waals surface area contributed by atoms with E-state index < -0.39 is 0 Å². The monoisotopic (exact) mass is 585 g/mol. The molecule has 0 spiro atoms. The lowest BCUT2D eigenvalue weighted by atomic mass is 9.99. The predicted octanol–water partition coefficient (Wildman–Crippen LogP) is 11.2. The Morgan fingerprint density at radius 2 is 1.95 bits per heavy atom. The van der Waals surface area contributed by atoms with E-state index in [1.807, 2.05) is 102 Å². The molecule has 208 valence electrons. The van der Waals surface area contributed by atoms with Crippen LogP contribution >= 0.6 is 34.8 Å². The molecular weight excluding hydrogens is 549 g/mol. The number of aromatic nitrogens is 1. The van der Waals surface area contributed by atoms with Gasteiger partial charge in [0.25, 0.3) is 0 Å². The highest BCUT2D eigenvalue weighted by Crippen LogP contribution is 2.35. The summed E-state index contributed by atoms with van der Waals surface area (Å²) in [6, 6.07) is 5.65. The molecule has 0 amide bonds. The summed E-state index contributed by atoms with van der Waals surface area (Å²) in [5.74, 6) is 1.51. The molecule has 3 nitrogen and oxygen atoms in total. The fourth-order valence-corrected chi connectivity index (χ4v) is 4.56. The first-order valence-corrected chi connectivity index (χ1v) is 14.3. The van der Waals surface area contributed by atoms with Crippen molar-refractivity contribution < 1.29 is 9.26 Å². The Kier molecular flexibility index (Phi) is 13.7. The molecule has 0 aliphatic heterocycles. The van der Waals surface area contributed by atoms with Gasteiger partial charge < -0.3 is 9.26 Å². The quantitative estimate of drug-likeness (QED) is 0.166. The third kappa shape index (κ3) is 9.76. The Hall–Kier alpha value is -2.72. The van der Waals surface area contributed by atoms with Gasteiger partial charge in [-0.25, -0.2) is 0 Å². The van der Waals surface area contributed by atoms with Gasteiger partial charge in [-0.15, -0.1) is 11.6 Å². The van der Waals surface area contributed by atoms with Gasteiger partial charge in [-0.3, -0.25) is 0 Å². The van der Waals surface area contributed by atoms with Crippen molar-refractivity contribution in [2.24, 2.45) is 0 Å². The molecule has 0 radical (unpaired) electrons. The third-order valence-electron chi connectivity index (χ3n) is 5.65. The van der Waals surface area contributed by atoms with E-state index in [4.69, 9.17) is 44.1 Å². The van der Waals surface area contributed by atoms with E-state index in [0.29, 0.717) is 27.9 Å². The number of rotatable bonds is 9. The summed E-state index contributed by atoms with van der Waals surface area (Å²) in [6.45, 7) is 16.2. The lowest BCUT2D eigenvalue weighted by Crippen LogP contribution is -2.04. The van der Waals surface area contributed by atoms with Crippen LogP contribution < -0.4 is 4.74 Å². The highest BCUT2D eigenvalue weighted by atomic mass is 35.5. The number of allylic oxidation sites excluding steroid dienone is 12. The zero-order valence-electron chi connectivity index (χ0n) is 23.6. The maximum atomic E-state index is 6.61. The smallest absolute Gasteiger partial charge is 0.146 e. The highest BCUT2D eigenvalue weighted by Gasteiger charge is 2.24. The molecule has 39 heavy (non-hydrogen) atoms. The minimum atomic E-state index is -0.301. The van der Waals surface area contributed by atoms with Crippen LogP contribution in [0.15, 0.2) is 94.1 Å². The summed E-state index contributed by atoms with van der Waals surface area (Å²) < 4.78 is 11.9. The van der Waals surface area contributed by atoms with Gasteiger partial charge in [0.1, 0.15) is 23.8 Å². The number of alkyl halides is 1. The minimum Gasteiger partial charge on any atom is -0.489 e. The Labute approximate surface area is 248 Å². The van der Waals surface area contributed by atoms with E-state index in [0.717, 1.165) is 33.6 Å². The van der Waals surface area contributed by atoms with Crippen LogP contribution in [0.1, 0.15) is 76.5 Å². The molecule has 1 atom stereocenters. The van der Waals surface area contributed by atoms with Crippen molar-refractivity contribution in [1.82, 2.24) is 5.16 Å². The van der Waals surface area contributed by atoms with Crippen molar-refractivity contribution in [1.29, 1.82) is 0 Å². The fourth-order valence-electron chi connectivity index (χ4n) is 3.85. The molecule has 3 rings (SSSR count). The standard InChI is InChI=1S/C31H32Cl3NO2.C2H6/c1-6-9-21(4)16-22(5)12-13-23-14-15-25(18-29(23)34)36-19-27-30(35-37-31(27)20(2)3)26-17-24(32)10-7-8-11-28(26)33;1-2/h6-7,9-18,20,24H,1,8,19H2,2-5H3;1-2H3/b10-7-,13-12+,21-9-,22-16+,26-17?,28-11+;. The normalized spacial score (nSPS) is 18.5. The Morgan fingerprint density at radius 1 is 1.21 bits per heavy atom. The molecule has 1 aromatic carbocycles. The van der Waals surface area contributed by atoms with Gasteiger partial charge in [0.2, 0.25) is 0 Å². The van der Waals surface area contributed by atoms with Crippen LogP contribution in [-0.2, 0) is 6.61 Å². The van der Waals surface area contributed by atoms with Crippen LogP contribution in [0.25, 0.3) is 11.6 Å². The van der Waals surface area contributed by atoms with Crippen molar-refractivity contribution >= 4 is 46.5 Å². The number of hydrogen-bond acceptors (Lipinski definition) is 3. The SMILES string of the molecule is C=C\C=C(C)/C=C(C)/C=C/c1ccc(OCc2c(C3=CC(Cl)/C=C\C/C=C\3Cl)noc2C(C)C)cc1Cl.CC. The maximum Gasteiger partial charge on any atom is 0.146 e. The van der Waals surface area contributed by atoms with Gasteiger partial charge >= 0.3 is 0 Å². The van der Waals surface area contributed by atoms with E-state index in [9.17, 15) is 0 Å². The predicted molar refractivity (Wildman–Crippen MR) is 170 cm³/mol. The van der Waals surface area contributed by atoms with Crippen LogP contribution in [0, 0.1) is 0 Å². The van der Waals surface area contributed by atoms with Crippen molar-refractivity contribution in [3.05, 3.63) is 117 Å². The van der Waals surface area contributed by atoms with Crippen molar-refractivity contribution in [3.63, 3.8) is 0 Å². The lowest BCUT2D eigenvalue weighted by Gasteiger charge is -2.13. The van der Waals surface area contributed by atoms with Gasteiger partial charge in [0, 0.05) is 16.5 Å². The summed E-state index contributed by atoms with van der Waals surface area (Å²) >= 11 is 19.6. The van der Waals surface area contributed by atoms with Crippen molar-refractivity contribution in [2.45, 2.75) is 65.9 Å². The Bertz CT molecular complexity index is 1310. The Morgan fingerprint density at radius 3 is 2.62 bits per heavy atom. The molecule has 0 fully saturated rings. The molecule has 1 unspecified atom stereocenters. The summed E-state index contributed by atoms with van der Waals surface area (Å²) in [7, 11) is 0. The van der Waals surface area contributed by atoms with Gasteiger partial charge in [-0.05, 0) is 44.0 Å². The van der Waals surface area contributed by atoms with Gasteiger partial charge in [-0.1, -0.05) is 128 Å². The summed E-state index contributed by atoms with van der Waals surface area (Å²) in [4.78, 5) is 0. The molecule has 0 saturated heterocycles. The molecule has 0 bridgehead atoms. The largest absolute Gasteiger partial charge is 0.489 e. The molecule has 1 aliphatic carbocycles. The number of nitrogens with zero attached hydrogens (tertiary/aromatic N) is 1. The molecule has 6 heteroatoms. The molecule has 1 aromatic heterocycles. The van der Waals surface area contributed by atoms with Crippen molar-refractivity contribution in [2.75, 3.05) is 0 Å². The highest BCUT2D eigenvalue weighted by molar-refractivity contribution is 6.37. The fraction of sp³-hybridized carbons (Fsp3) is 0.303. The van der Waals surface area contributed by atoms with E-state index in [1.54, 1.807) is 6.08 Å². The summed E-state index contributed by atoms with van der Waals surface area (Å²) in [5, 5.41) is 5.23. The second-order valence-electron chi connectivity index (χ2n) is 9.11. The van der Waals surface area contributed by atoms with Gasteiger partial charge in [0.15, 0.2) is 0 Å².